The van der Waals surface area contributed by atoms with Crippen LogP contribution >= 0.6 is 12.2 Å². The van der Waals surface area contributed by atoms with Crippen molar-refractivity contribution in [1.29, 1.82) is 0 Å². The largest absolute Gasteiger partial charge is 0.586 e. The number of hydrogen-bond donors (Lipinski definition) is 2. The van der Waals surface area contributed by atoms with E-state index >= 15 is 0 Å². The van der Waals surface area contributed by atoms with Gasteiger partial charge in [0, 0.05) is 30.3 Å². The van der Waals surface area contributed by atoms with Crippen LogP contribution in [0.2, 0.25) is 0 Å². The molecule has 2 aromatic carbocycles. The average Bonchev–Trinajstić information content (AvgIpc) is 3.18. The summed E-state index contributed by atoms with van der Waals surface area (Å²) < 4.78 is 49.9. The minimum Gasteiger partial charge on any atom is -0.395 e. The second-order valence-electron chi connectivity index (χ2n) is 6.14. The Bertz CT molecular complexity index is 1130. The Morgan fingerprint density at radius 2 is 1.90 bits per heavy atom. The molecule has 0 radical (unpaired) electrons. The van der Waals surface area contributed by atoms with Crippen LogP contribution in [0.5, 0.6) is 11.5 Å². The van der Waals surface area contributed by atoms with Crippen molar-refractivity contribution in [2.45, 2.75) is 19.3 Å². The number of fused-ring (bicyclic) bond motifs is 1. The van der Waals surface area contributed by atoms with Crippen molar-refractivity contribution in [3.8, 4) is 22.9 Å². The van der Waals surface area contributed by atoms with E-state index in [1.54, 1.807) is 16.7 Å². The van der Waals surface area contributed by atoms with Gasteiger partial charge in [0.25, 0.3) is 0 Å². The predicted molar refractivity (Wildman–Crippen MR) is 98.7 cm³/mol. The lowest BCUT2D eigenvalue weighted by Gasteiger charge is -2.08. The number of alkyl halides is 2. The van der Waals surface area contributed by atoms with Crippen molar-refractivity contribution in [1.82, 2.24) is 14.8 Å². The van der Waals surface area contributed by atoms with Crippen LogP contribution in [0.3, 0.4) is 0 Å². The first-order valence-corrected chi connectivity index (χ1v) is 8.82. The van der Waals surface area contributed by atoms with Gasteiger partial charge in [-0.25, -0.2) is 4.39 Å². The van der Waals surface area contributed by atoms with E-state index in [1.165, 1.54) is 30.3 Å². The molecule has 0 bridgehead atoms. The molecule has 0 atom stereocenters. The number of nitrogens with one attached hydrogen (secondary N) is 2. The van der Waals surface area contributed by atoms with E-state index in [0.29, 0.717) is 16.2 Å². The highest BCUT2D eigenvalue weighted by molar-refractivity contribution is 7.71. The number of amides is 1. The fourth-order valence-electron chi connectivity index (χ4n) is 2.81. The zero-order chi connectivity index (χ0) is 20.6. The minimum atomic E-state index is -3.72. The zero-order valence-electron chi connectivity index (χ0n) is 14.6. The molecule has 0 saturated heterocycles. The summed E-state index contributed by atoms with van der Waals surface area (Å²) >= 11 is 5.19. The first-order valence-electron chi connectivity index (χ1n) is 8.42. The van der Waals surface area contributed by atoms with Crippen LogP contribution in [0.4, 0.5) is 18.9 Å². The van der Waals surface area contributed by atoms with Crippen LogP contribution in [0.25, 0.3) is 11.4 Å². The molecule has 3 aromatic rings. The van der Waals surface area contributed by atoms with Crippen LogP contribution in [0, 0.1) is 10.6 Å². The smallest absolute Gasteiger partial charge is 0.395 e. The molecule has 4 rings (SSSR count). The van der Waals surface area contributed by atoms with E-state index in [-0.39, 0.29) is 41.9 Å². The van der Waals surface area contributed by atoms with Crippen molar-refractivity contribution < 1.29 is 27.4 Å². The Balaban J connectivity index is 1.43. The Kier molecular flexibility index (Phi) is 4.74. The van der Waals surface area contributed by atoms with Crippen molar-refractivity contribution in [2.24, 2.45) is 0 Å². The van der Waals surface area contributed by atoms with E-state index < -0.39 is 6.29 Å². The second-order valence-corrected chi connectivity index (χ2v) is 6.52. The molecule has 2 heterocycles. The molecule has 1 aromatic heterocycles. The van der Waals surface area contributed by atoms with Gasteiger partial charge < -0.3 is 14.8 Å². The summed E-state index contributed by atoms with van der Waals surface area (Å²) in [7, 11) is 0. The highest BCUT2D eigenvalue weighted by Crippen LogP contribution is 2.42. The lowest BCUT2D eigenvalue weighted by Crippen LogP contribution is -2.25. The van der Waals surface area contributed by atoms with Gasteiger partial charge in [-0.05, 0) is 48.6 Å². The van der Waals surface area contributed by atoms with Gasteiger partial charge in [0.05, 0.1) is 0 Å². The SMILES string of the molecule is O=C(CCn1c(-c2ccc(F)cc2)n[nH]c1=S)Nc1ccc2c(c1)OC(F)(F)O2. The summed E-state index contributed by atoms with van der Waals surface area (Å²) in [4.78, 5) is 12.3. The van der Waals surface area contributed by atoms with Gasteiger partial charge >= 0.3 is 6.29 Å². The lowest BCUT2D eigenvalue weighted by molar-refractivity contribution is -0.286. The molecule has 1 aliphatic heterocycles. The summed E-state index contributed by atoms with van der Waals surface area (Å²) in [6, 6.07) is 9.67. The highest BCUT2D eigenvalue weighted by atomic mass is 32.1. The number of aromatic amines is 1. The Morgan fingerprint density at radius 1 is 1.17 bits per heavy atom. The first kappa shape index (κ1) is 19.0. The number of rotatable bonds is 5. The number of hydrogen-bond acceptors (Lipinski definition) is 5. The van der Waals surface area contributed by atoms with Crippen LogP contribution in [-0.2, 0) is 11.3 Å². The molecule has 29 heavy (non-hydrogen) atoms. The monoisotopic (exact) mass is 422 g/mol. The summed E-state index contributed by atoms with van der Waals surface area (Å²) in [5, 5.41) is 9.37. The molecule has 2 N–H and O–H groups in total. The first-order chi connectivity index (χ1) is 13.8. The number of anilines is 1. The predicted octanol–water partition coefficient (Wildman–Crippen LogP) is 4.10. The van der Waals surface area contributed by atoms with Crippen molar-refractivity contribution in [3.05, 3.63) is 53.1 Å². The maximum absolute atomic E-state index is 13.1. The van der Waals surface area contributed by atoms with E-state index in [1.807, 2.05) is 0 Å². The van der Waals surface area contributed by atoms with Crippen molar-refractivity contribution in [2.75, 3.05) is 5.32 Å². The third-order valence-corrected chi connectivity index (χ3v) is 4.42. The molecular weight excluding hydrogens is 409 g/mol. The molecule has 1 amide bonds. The number of halogens is 3. The third kappa shape index (κ3) is 4.09. The van der Waals surface area contributed by atoms with Gasteiger partial charge in [0.1, 0.15) is 5.82 Å². The molecule has 0 aliphatic carbocycles. The molecular formula is C18H13F3N4O3S. The van der Waals surface area contributed by atoms with Crippen LogP contribution in [-0.4, -0.2) is 27.0 Å². The van der Waals surface area contributed by atoms with E-state index in [9.17, 15) is 18.0 Å². The summed E-state index contributed by atoms with van der Waals surface area (Å²) in [5.41, 5.74) is 0.917. The molecule has 150 valence electrons. The Morgan fingerprint density at radius 3 is 2.66 bits per heavy atom. The van der Waals surface area contributed by atoms with Gasteiger partial charge in [0.15, 0.2) is 22.1 Å². The zero-order valence-corrected chi connectivity index (χ0v) is 15.4. The topological polar surface area (TPSA) is 81.2 Å². The van der Waals surface area contributed by atoms with Crippen LogP contribution in [0.1, 0.15) is 6.42 Å². The number of carbonyl (C=O) groups is 1. The third-order valence-electron chi connectivity index (χ3n) is 4.11. The summed E-state index contributed by atoms with van der Waals surface area (Å²) in [6.45, 7) is 0.205. The molecule has 7 nitrogen and oxygen atoms in total. The van der Waals surface area contributed by atoms with Crippen LogP contribution in [0.15, 0.2) is 42.5 Å². The molecule has 0 saturated carbocycles. The Labute approximate surface area is 167 Å². The molecule has 0 spiro atoms. The van der Waals surface area contributed by atoms with E-state index in [2.05, 4.69) is 25.0 Å². The van der Waals surface area contributed by atoms with Crippen LogP contribution < -0.4 is 14.8 Å². The van der Waals surface area contributed by atoms with Gasteiger partial charge in [-0.15, -0.1) is 8.78 Å². The standard InChI is InChI=1S/C18H13F3N4O3S/c19-11-3-1-10(2-4-11)16-23-24-17(29)25(16)8-7-15(26)22-12-5-6-13-14(9-12)28-18(20,21)27-13/h1-6,9H,7-8H2,(H,22,26)(H,24,29). The number of ether oxygens (including phenoxy) is 2. The number of carbonyl (C=O) groups excluding carboxylic acids is 1. The molecule has 0 unspecified atom stereocenters. The fraction of sp³-hybridized carbons (Fsp3) is 0.167. The second kappa shape index (κ2) is 7.24. The van der Waals surface area contributed by atoms with Crippen molar-refractivity contribution in [3.63, 3.8) is 0 Å². The quantitative estimate of drug-likeness (QED) is 0.605. The Hall–Kier alpha value is -3.34. The van der Waals surface area contributed by atoms with E-state index in [4.69, 9.17) is 12.2 Å². The van der Waals surface area contributed by atoms with Gasteiger partial charge in [0.2, 0.25) is 5.91 Å². The van der Waals surface area contributed by atoms with Gasteiger partial charge in [-0.1, -0.05) is 0 Å². The number of benzene rings is 2. The summed E-state index contributed by atoms with van der Waals surface area (Å²) in [5.74, 6) is -0.558. The van der Waals surface area contributed by atoms with Gasteiger partial charge in [-0.3, -0.25) is 14.5 Å². The lowest BCUT2D eigenvalue weighted by atomic mass is 10.2. The maximum atomic E-state index is 13.1. The highest BCUT2D eigenvalue weighted by Gasteiger charge is 2.43. The number of nitrogens with zero attached hydrogens (tertiary/aromatic N) is 2. The van der Waals surface area contributed by atoms with E-state index in [0.717, 1.165) is 0 Å². The number of aromatic nitrogens is 3. The molecule has 1 aliphatic rings. The summed E-state index contributed by atoms with van der Waals surface area (Å²) in [6.07, 6.45) is -3.69. The van der Waals surface area contributed by atoms with Gasteiger partial charge in [-0.2, -0.15) is 5.10 Å². The van der Waals surface area contributed by atoms with Crippen molar-refractivity contribution >= 4 is 23.8 Å². The number of H-pyrrole nitrogens is 1. The average molecular weight is 422 g/mol. The maximum Gasteiger partial charge on any atom is 0.586 e. The normalized spacial score (nSPS) is 14.0. The molecule has 0 fully saturated rings. The fourth-order valence-corrected chi connectivity index (χ4v) is 3.03. The minimum absolute atomic E-state index is 0.0344. The molecule has 11 heteroatoms.